The van der Waals surface area contributed by atoms with Crippen LogP contribution in [-0.4, -0.2) is 12.2 Å². The van der Waals surface area contributed by atoms with Crippen LogP contribution in [0.2, 0.25) is 0 Å². The monoisotopic (exact) mass is 282 g/mol. The first kappa shape index (κ1) is 14.7. The van der Waals surface area contributed by atoms with Crippen molar-refractivity contribution in [2.24, 2.45) is 0 Å². The first-order valence-electron chi connectivity index (χ1n) is 6.82. The average Bonchev–Trinajstić information content (AvgIpc) is 2.53. The quantitative estimate of drug-likeness (QED) is 0.874. The van der Waals surface area contributed by atoms with E-state index in [0.717, 1.165) is 17.7 Å². The molecule has 0 amide bonds. The number of hydrogen-bond donors (Lipinski definition) is 2. The minimum absolute atomic E-state index is 0.0342. The largest absolute Gasteiger partial charge is 0.508 e. The van der Waals surface area contributed by atoms with Gasteiger partial charge in [-0.3, -0.25) is 0 Å². The molecule has 0 radical (unpaired) electrons. The molecule has 0 aliphatic rings. The highest BCUT2D eigenvalue weighted by Crippen LogP contribution is 2.33. The van der Waals surface area contributed by atoms with Gasteiger partial charge in [0, 0.05) is 11.6 Å². The summed E-state index contributed by atoms with van der Waals surface area (Å²) in [7, 11) is 1.57. The summed E-state index contributed by atoms with van der Waals surface area (Å²) in [4.78, 5) is 0. The smallest absolute Gasteiger partial charge is 0.143 e. The second kappa shape index (κ2) is 6.67. The highest BCUT2D eigenvalue weighted by Gasteiger charge is 2.15. The molecule has 0 bridgehead atoms. The molecular formula is C17H18N2O2. The molecule has 4 heteroatoms. The molecule has 0 heterocycles. The number of nitrogens with one attached hydrogen (secondary N) is 1. The van der Waals surface area contributed by atoms with Crippen LogP contribution in [0.25, 0.3) is 0 Å². The van der Waals surface area contributed by atoms with Crippen LogP contribution < -0.4 is 10.1 Å². The molecule has 1 unspecified atom stereocenters. The minimum Gasteiger partial charge on any atom is -0.508 e. The van der Waals surface area contributed by atoms with E-state index >= 15 is 0 Å². The third kappa shape index (κ3) is 3.26. The fourth-order valence-electron chi connectivity index (χ4n) is 2.25. The number of anilines is 1. The first-order valence-corrected chi connectivity index (χ1v) is 6.82. The van der Waals surface area contributed by atoms with Gasteiger partial charge >= 0.3 is 0 Å². The summed E-state index contributed by atoms with van der Waals surface area (Å²) in [6.45, 7) is 2.04. The van der Waals surface area contributed by atoms with Crippen molar-refractivity contribution < 1.29 is 9.84 Å². The number of ether oxygens (including phenoxy) is 1. The van der Waals surface area contributed by atoms with Gasteiger partial charge in [0.2, 0.25) is 0 Å². The van der Waals surface area contributed by atoms with Crippen LogP contribution in [-0.2, 0) is 0 Å². The Hall–Kier alpha value is -2.67. The maximum Gasteiger partial charge on any atom is 0.143 e. The van der Waals surface area contributed by atoms with Crippen molar-refractivity contribution in [1.82, 2.24) is 0 Å². The van der Waals surface area contributed by atoms with Crippen molar-refractivity contribution in [3.8, 4) is 17.6 Å². The fraction of sp³-hybridized carbons (Fsp3) is 0.235. The minimum atomic E-state index is -0.0342. The summed E-state index contributed by atoms with van der Waals surface area (Å²) in [6.07, 6.45) is 0.806. The summed E-state index contributed by atoms with van der Waals surface area (Å²) in [5.41, 5.74) is 2.19. The molecule has 2 rings (SSSR count). The van der Waals surface area contributed by atoms with Crippen molar-refractivity contribution in [2.75, 3.05) is 12.4 Å². The number of phenols is 1. The predicted octanol–water partition coefficient (Wildman–Crippen LogP) is 3.84. The lowest BCUT2D eigenvalue weighted by molar-refractivity contribution is 0.415. The van der Waals surface area contributed by atoms with Gasteiger partial charge in [-0.25, -0.2) is 0 Å². The molecule has 0 aliphatic carbocycles. The lowest BCUT2D eigenvalue weighted by Gasteiger charge is -2.21. The maximum atomic E-state index is 9.98. The zero-order valence-corrected chi connectivity index (χ0v) is 12.1. The Bertz CT molecular complexity index is 662. The molecule has 0 fully saturated rings. The molecule has 2 aromatic rings. The summed E-state index contributed by atoms with van der Waals surface area (Å²) in [5, 5.41) is 22.3. The van der Waals surface area contributed by atoms with Gasteiger partial charge < -0.3 is 15.2 Å². The lowest BCUT2D eigenvalue weighted by Crippen LogP contribution is -2.10. The molecule has 0 saturated carbocycles. The predicted molar refractivity (Wildman–Crippen MR) is 82.5 cm³/mol. The second-order valence-electron chi connectivity index (χ2n) is 4.69. The van der Waals surface area contributed by atoms with Gasteiger partial charge in [-0.1, -0.05) is 25.1 Å². The number of nitriles is 1. The number of para-hydroxylation sites is 1. The van der Waals surface area contributed by atoms with Crippen molar-refractivity contribution in [3.63, 3.8) is 0 Å². The Morgan fingerprint density at radius 2 is 2.05 bits per heavy atom. The molecule has 2 N–H and O–H groups in total. The Balaban J connectivity index is 2.31. The number of hydrogen-bond acceptors (Lipinski definition) is 4. The zero-order chi connectivity index (χ0) is 15.2. The van der Waals surface area contributed by atoms with Crippen LogP contribution in [0.5, 0.6) is 11.5 Å². The molecule has 2 aromatic carbocycles. The van der Waals surface area contributed by atoms with E-state index in [9.17, 15) is 5.11 Å². The highest BCUT2D eigenvalue weighted by atomic mass is 16.5. The molecule has 0 spiro atoms. The normalized spacial score (nSPS) is 11.5. The van der Waals surface area contributed by atoms with Crippen molar-refractivity contribution >= 4 is 5.69 Å². The van der Waals surface area contributed by atoms with Gasteiger partial charge in [0.05, 0.1) is 30.5 Å². The molecule has 0 saturated heterocycles. The van der Waals surface area contributed by atoms with Gasteiger partial charge in [-0.15, -0.1) is 0 Å². The van der Waals surface area contributed by atoms with Crippen LogP contribution in [0.15, 0.2) is 42.5 Å². The SMILES string of the molecule is CCC(Nc1ccc(C#N)cc1OC)c1ccccc1O. The van der Waals surface area contributed by atoms with Gasteiger partial charge in [0.15, 0.2) is 0 Å². The number of nitrogens with zero attached hydrogens (tertiary/aromatic N) is 1. The first-order chi connectivity index (χ1) is 10.2. The number of aromatic hydroxyl groups is 1. The van der Waals surface area contributed by atoms with E-state index in [1.807, 2.05) is 25.1 Å². The van der Waals surface area contributed by atoms with E-state index in [2.05, 4.69) is 11.4 Å². The fourth-order valence-corrected chi connectivity index (χ4v) is 2.25. The van der Waals surface area contributed by atoms with Crippen molar-refractivity contribution in [3.05, 3.63) is 53.6 Å². The second-order valence-corrected chi connectivity index (χ2v) is 4.69. The zero-order valence-electron chi connectivity index (χ0n) is 12.1. The number of phenolic OH excluding ortho intramolecular Hbond substituents is 1. The Labute approximate surface area is 124 Å². The van der Waals surface area contributed by atoms with Gasteiger partial charge in [-0.05, 0) is 24.6 Å². The van der Waals surface area contributed by atoms with E-state index in [0.29, 0.717) is 11.3 Å². The van der Waals surface area contributed by atoms with Crippen LogP contribution in [0.3, 0.4) is 0 Å². The van der Waals surface area contributed by atoms with E-state index in [4.69, 9.17) is 10.00 Å². The Morgan fingerprint density at radius 1 is 1.29 bits per heavy atom. The number of methoxy groups -OCH3 is 1. The summed E-state index contributed by atoms with van der Waals surface area (Å²) >= 11 is 0. The van der Waals surface area contributed by atoms with Crippen LogP contribution in [0.1, 0.15) is 30.5 Å². The average molecular weight is 282 g/mol. The van der Waals surface area contributed by atoms with Crippen LogP contribution in [0, 0.1) is 11.3 Å². The number of rotatable bonds is 5. The lowest BCUT2D eigenvalue weighted by atomic mass is 10.0. The third-order valence-electron chi connectivity index (χ3n) is 3.38. The molecular weight excluding hydrogens is 264 g/mol. The maximum absolute atomic E-state index is 9.98. The van der Waals surface area contributed by atoms with Gasteiger partial charge in [0.25, 0.3) is 0 Å². The number of benzene rings is 2. The topological polar surface area (TPSA) is 65.3 Å². The van der Waals surface area contributed by atoms with Gasteiger partial charge in [-0.2, -0.15) is 5.26 Å². The van der Waals surface area contributed by atoms with E-state index < -0.39 is 0 Å². The van der Waals surface area contributed by atoms with E-state index in [1.165, 1.54) is 0 Å². The molecule has 108 valence electrons. The molecule has 4 nitrogen and oxygen atoms in total. The van der Waals surface area contributed by atoms with Gasteiger partial charge in [0.1, 0.15) is 11.5 Å². The molecule has 1 atom stereocenters. The summed E-state index contributed by atoms with van der Waals surface area (Å²) < 4.78 is 5.32. The standard InChI is InChI=1S/C17H18N2O2/c1-3-14(13-6-4-5-7-16(13)20)19-15-9-8-12(11-18)10-17(15)21-2/h4-10,14,19-20H,3H2,1-2H3. The van der Waals surface area contributed by atoms with Crippen molar-refractivity contribution in [2.45, 2.75) is 19.4 Å². The molecule has 0 aromatic heterocycles. The molecule has 21 heavy (non-hydrogen) atoms. The third-order valence-corrected chi connectivity index (χ3v) is 3.38. The molecule has 0 aliphatic heterocycles. The van der Waals surface area contributed by atoms with Crippen molar-refractivity contribution in [1.29, 1.82) is 5.26 Å². The van der Waals surface area contributed by atoms with E-state index in [1.54, 1.807) is 31.4 Å². The highest BCUT2D eigenvalue weighted by molar-refractivity contribution is 5.60. The van der Waals surface area contributed by atoms with E-state index in [-0.39, 0.29) is 11.8 Å². The van der Waals surface area contributed by atoms with Crippen LogP contribution in [0.4, 0.5) is 5.69 Å². The summed E-state index contributed by atoms with van der Waals surface area (Å²) in [5.74, 6) is 0.882. The van der Waals surface area contributed by atoms with Crippen LogP contribution >= 0.6 is 0 Å². The Morgan fingerprint density at radius 3 is 2.67 bits per heavy atom. The summed E-state index contributed by atoms with van der Waals surface area (Å²) in [6, 6.07) is 14.6. The Kier molecular flexibility index (Phi) is 4.68.